The summed E-state index contributed by atoms with van der Waals surface area (Å²) in [5.41, 5.74) is 3.49. The zero-order valence-corrected chi connectivity index (χ0v) is 14.4. The van der Waals surface area contributed by atoms with Crippen LogP contribution in [0.5, 0.6) is 0 Å². The fourth-order valence-corrected chi connectivity index (χ4v) is 2.99. The zero-order valence-electron chi connectivity index (χ0n) is 13.6. The Morgan fingerprint density at radius 2 is 2.04 bits per heavy atom. The topological polar surface area (TPSA) is 98.0 Å². The lowest BCUT2D eigenvalue weighted by molar-refractivity contribution is 0.0698. The molecule has 0 aliphatic rings. The monoisotopic (exact) mass is 360 g/mol. The molecular formula is C17H16N2O5S. The molecule has 3 heterocycles. The van der Waals surface area contributed by atoms with Crippen molar-refractivity contribution in [2.75, 3.05) is 6.26 Å². The Morgan fingerprint density at radius 3 is 2.68 bits per heavy atom. The van der Waals surface area contributed by atoms with Crippen LogP contribution in [0.3, 0.4) is 0 Å². The van der Waals surface area contributed by atoms with E-state index in [1.54, 1.807) is 41.1 Å². The average molecular weight is 360 g/mol. The zero-order chi connectivity index (χ0) is 18.2. The summed E-state index contributed by atoms with van der Waals surface area (Å²) in [7, 11) is -3.55. The van der Waals surface area contributed by atoms with Gasteiger partial charge in [0.05, 0.1) is 24.1 Å². The van der Waals surface area contributed by atoms with Crippen molar-refractivity contribution in [2.45, 2.75) is 13.5 Å². The summed E-state index contributed by atoms with van der Waals surface area (Å²) < 4.78 is 28.8. The predicted molar refractivity (Wildman–Crippen MR) is 92.0 cm³/mol. The second kappa shape index (κ2) is 6.30. The van der Waals surface area contributed by atoms with Gasteiger partial charge >= 0.3 is 5.97 Å². The number of fused-ring (bicyclic) bond motifs is 1. The first-order valence-electron chi connectivity index (χ1n) is 7.39. The number of hydrogen-bond donors (Lipinski definition) is 1. The van der Waals surface area contributed by atoms with Crippen molar-refractivity contribution in [3.63, 3.8) is 0 Å². The Labute approximate surface area is 144 Å². The van der Waals surface area contributed by atoms with Crippen LogP contribution >= 0.6 is 0 Å². The molecule has 7 nitrogen and oxygen atoms in total. The van der Waals surface area contributed by atoms with E-state index >= 15 is 0 Å². The van der Waals surface area contributed by atoms with Crippen LogP contribution in [0.1, 0.15) is 21.6 Å². The molecule has 25 heavy (non-hydrogen) atoms. The summed E-state index contributed by atoms with van der Waals surface area (Å²) in [4.78, 5) is 15.8. The van der Waals surface area contributed by atoms with Crippen LogP contribution in [0.4, 0.5) is 0 Å². The van der Waals surface area contributed by atoms with Gasteiger partial charge in [0.1, 0.15) is 0 Å². The van der Waals surface area contributed by atoms with Gasteiger partial charge in [-0.05, 0) is 42.8 Å². The van der Waals surface area contributed by atoms with Crippen molar-refractivity contribution < 1.29 is 22.5 Å². The van der Waals surface area contributed by atoms with E-state index in [9.17, 15) is 18.3 Å². The minimum Gasteiger partial charge on any atom is -0.478 e. The van der Waals surface area contributed by atoms with Crippen molar-refractivity contribution in [2.24, 2.45) is 0 Å². The summed E-state index contributed by atoms with van der Waals surface area (Å²) in [6, 6.07) is 8.52. The number of carboxylic acid groups (broad SMARTS) is 1. The quantitative estimate of drug-likeness (QED) is 0.702. The first-order chi connectivity index (χ1) is 11.7. The molecule has 0 saturated heterocycles. The molecule has 0 unspecified atom stereocenters. The molecule has 3 aromatic heterocycles. The van der Waals surface area contributed by atoms with Crippen LogP contribution in [0.25, 0.3) is 16.8 Å². The number of aryl methyl sites for hydroxylation is 1. The molecule has 130 valence electrons. The van der Waals surface area contributed by atoms with Crippen molar-refractivity contribution in [3.05, 3.63) is 59.5 Å². The fourth-order valence-electron chi connectivity index (χ4n) is 2.64. The normalized spacial score (nSPS) is 11.8. The average Bonchev–Trinajstić information content (AvgIpc) is 2.91. The van der Waals surface area contributed by atoms with Gasteiger partial charge in [-0.3, -0.25) is 9.17 Å². The maximum Gasteiger partial charge on any atom is 0.337 e. The van der Waals surface area contributed by atoms with E-state index in [0.29, 0.717) is 16.8 Å². The van der Waals surface area contributed by atoms with Crippen LogP contribution in [0.15, 0.2) is 42.7 Å². The molecule has 0 bridgehead atoms. The smallest absolute Gasteiger partial charge is 0.337 e. The molecule has 0 atom stereocenters. The highest BCUT2D eigenvalue weighted by Gasteiger charge is 2.18. The van der Waals surface area contributed by atoms with Gasteiger partial charge in [0, 0.05) is 29.2 Å². The molecule has 8 heteroatoms. The molecule has 0 spiro atoms. The van der Waals surface area contributed by atoms with Gasteiger partial charge < -0.3 is 9.51 Å². The predicted octanol–water partition coefficient (Wildman–Crippen LogP) is 2.48. The van der Waals surface area contributed by atoms with E-state index in [4.69, 9.17) is 4.18 Å². The first kappa shape index (κ1) is 17.1. The third kappa shape index (κ3) is 3.70. The Kier molecular flexibility index (Phi) is 4.32. The molecule has 3 rings (SSSR count). The highest BCUT2D eigenvalue weighted by atomic mass is 32.2. The molecule has 0 amide bonds. The summed E-state index contributed by atoms with van der Waals surface area (Å²) >= 11 is 0. The van der Waals surface area contributed by atoms with Gasteiger partial charge in [0.25, 0.3) is 10.1 Å². The van der Waals surface area contributed by atoms with Crippen LogP contribution in [-0.4, -0.2) is 35.1 Å². The Morgan fingerprint density at radius 1 is 1.28 bits per heavy atom. The van der Waals surface area contributed by atoms with Crippen LogP contribution in [0, 0.1) is 6.92 Å². The van der Waals surface area contributed by atoms with Gasteiger partial charge in [0.15, 0.2) is 0 Å². The number of pyridine rings is 2. The lowest BCUT2D eigenvalue weighted by Gasteiger charge is -2.07. The summed E-state index contributed by atoms with van der Waals surface area (Å²) in [5.74, 6) is -1.04. The Hall–Kier alpha value is -2.71. The second-order valence-electron chi connectivity index (χ2n) is 5.69. The number of carbonyl (C=O) groups is 1. The lowest BCUT2D eigenvalue weighted by Crippen LogP contribution is -2.03. The fraction of sp³-hybridized carbons (Fsp3) is 0.176. The Bertz CT molecular complexity index is 1070. The maximum absolute atomic E-state index is 11.7. The minimum atomic E-state index is -3.55. The lowest BCUT2D eigenvalue weighted by atomic mass is 10.1. The molecule has 3 aromatic rings. The Balaban J connectivity index is 2.13. The second-order valence-corrected chi connectivity index (χ2v) is 7.34. The molecule has 0 aliphatic carbocycles. The third-order valence-corrected chi connectivity index (χ3v) is 4.22. The molecule has 0 aromatic carbocycles. The van der Waals surface area contributed by atoms with E-state index in [1.165, 1.54) is 0 Å². The number of aromatic nitrogens is 2. The van der Waals surface area contributed by atoms with Crippen LogP contribution in [0.2, 0.25) is 0 Å². The molecule has 1 N–H and O–H groups in total. The largest absolute Gasteiger partial charge is 0.478 e. The van der Waals surface area contributed by atoms with Gasteiger partial charge in [-0.2, -0.15) is 8.42 Å². The standard InChI is InChI=1S/C17H16N2O5S/c1-11-7-13(3-5-18-11)16-15(17(20)21)9-14-8-12(4-6-19(14)16)10-24-25(2,22)23/h3-9H,10H2,1-2H3,(H,20,21). The van der Waals surface area contributed by atoms with Crippen molar-refractivity contribution in [1.29, 1.82) is 0 Å². The van der Waals surface area contributed by atoms with Gasteiger partial charge in [-0.25, -0.2) is 4.79 Å². The van der Waals surface area contributed by atoms with E-state index in [0.717, 1.165) is 17.5 Å². The molecule has 0 fully saturated rings. The van der Waals surface area contributed by atoms with Gasteiger partial charge in [-0.1, -0.05) is 0 Å². The van der Waals surface area contributed by atoms with Gasteiger partial charge in [-0.15, -0.1) is 0 Å². The van der Waals surface area contributed by atoms with Crippen LogP contribution < -0.4 is 0 Å². The molecular weight excluding hydrogens is 344 g/mol. The van der Waals surface area contributed by atoms with E-state index in [1.807, 2.05) is 13.0 Å². The molecule has 0 radical (unpaired) electrons. The molecule has 0 aliphatic heterocycles. The van der Waals surface area contributed by atoms with Gasteiger partial charge in [0.2, 0.25) is 0 Å². The highest BCUT2D eigenvalue weighted by Crippen LogP contribution is 2.28. The number of nitrogens with zero attached hydrogens (tertiary/aromatic N) is 2. The van der Waals surface area contributed by atoms with Crippen molar-refractivity contribution in [3.8, 4) is 11.3 Å². The number of carboxylic acids is 1. The van der Waals surface area contributed by atoms with E-state index in [2.05, 4.69) is 4.98 Å². The number of hydrogen-bond acceptors (Lipinski definition) is 5. The van der Waals surface area contributed by atoms with Crippen molar-refractivity contribution >= 4 is 21.6 Å². The summed E-state index contributed by atoms with van der Waals surface area (Å²) in [6.45, 7) is 1.73. The minimum absolute atomic E-state index is 0.105. The van der Waals surface area contributed by atoms with Crippen molar-refractivity contribution in [1.82, 2.24) is 9.38 Å². The number of aromatic carboxylic acids is 1. The highest BCUT2D eigenvalue weighted by molar-refractivity contribution is 7.85. The van der Waals surface area contributed by atoms with Crippen LogP contribution in [-0.2, 0) is 20.9 Å². The SMILES string of the molecule is Cc1cc(-c2c(C(=O)O)cc3cc(COS(C)(=O)=O)ccn23)ccn1. The summed E-state index contributed by atoms with van der Waals surface area (Å²) in [5, 5.41) is 9.54. The van der Waals surface area contributed by atoms with E-state index < -0.39 is 16.1 Å². The maximum atomic E-state index is 11.7. The number of rotatable bonds is 5. The summed E-state index contributed by atoms with van der Waals surface area (Å²) in [6.07, 6.45) is 4.31. The first-order valence-corrected chi connectivity index (χ1v) is 9.21. The molecule has 0 saturated carbocycles. The third-order valence-electron chi connectivity index (χ3n) is 3.68. The van der Waals surface area contributed by atoms with E-state index in [-0.39, 0.29) is 12.2 Å².